The molecule has 2 aromatic rings. The quantitative estimate of drug-likeness (QED) is 0.763. The minimum Gasteiger partial charge on any atom is -0.465 e. The molecule has 0 bridgehead atoms. The second-order valence-corrected chi connectivity index (χ2v) is 6.64. The van der Waals surface area contributed by atoms with Crippen molar-refractivity contribution < 1.29 is 23.5 Å². The molecular formula is C21H22FNO4. The maximum absolute atomic E-state index is 13.2. The number of likely N-dealkylation sites (tertiary alicyclic amines) is 1. The van der Waals surface area contributed by atoms with Gasteiger partial charge in [0.25, 0.3) is 0 Å². The Bertz CT molecular complexity index is 779. The molecule has 1 fully saturated rings. The number of para-hydroxylation sites is 1. The van der Waals surface area contributed by atoms with E-state index in [1.165, 1.54) is 19.1 Å². The fourth-order valence-corrected chi connectivity index (χ4v) is 3.39. The first-order valence-corrected chi connectivity index (χ1v) is 8.93. The molecule has 0 saturated carbocycles. The summed E-state index contributed by atoms with van der Waals surface area (Å²) in [4.78, 5) is 25.4. The fourth-order valence-electron chi connectivity index (χ4n) is 3.39. The van der Waals surface area contributed by atoms with Gasteiger partial charge in [-0.25, -0.2) is 9.18 Å². The number of hydrogen-bond donors (Lipinski definition) is 0. The number of carbonyl (C=O) groups is 2. The van der Waals surface area contributed by atoms with Crippen LogP contribution in [-0.4, -0.2) is 36.7 Å². The third-order valence-corrected chi connectivity index (χ3v) is 4.74. The van der Waals surface area contributed by atoms with Crippen LogP contribution in [0.3, 0.4) is 0 Å². The van der Waals surface area contributed by atoms with Crippen LogP contribution in [0, 0.1) is 11.7 Å². The lowest BCUT2D eigenvalue weighted by Gasteiger charge is -2.37. The third-order valence-electron chi connectivity index (χ3n) is 4.74. The van der Waals surface area contributed by atoms with Crippen LogP contribution in [0.2, 0.25) is 0 Å². The van der Waals surface area contributed by atoms with E-state index in [1.807, 2.05) is 6.07 Å². The van der Waals surface area contributed by atoms with Crippen LogP contribution in [0.5, 0.6) is 5.75 Å². The van der Waals surface area contributed by atoms with Crippen LogP contribution in [-0.2, 0) is 9.53 Å². The van der Waals surface area contributed by atoms with Crippen molar-refractivity contribution in [1.29, 1.82) is 0 Å². The van der Waals surface area contributed by atoms with Crippen molar-refractivity contribution >= 4 is 12.1 Å². The summed E-state index contributed by atoms with van der Waals surface area (Å²) in [5.41, 5.74) is 0.977. The standard InChI is InChI=1S/C21H22FNO4/c1-15(24)26-14-17-13-23(21(25)27-19-5-3-2-4-6-19)12-11-20(17)16-7-9-18(22)10-8-16/h2-10,17,20H,11-14H2,1H3/t17-,20-/m1/s1. The monoisotopic (exact) mass is 371 g/mol. The zero-order chi connectivity index (χ0) is 19.2. The molecule has 6 heteroatoms. The Morgan fingerprint density at radius 2 is 1.81 bits per heavy atom. The summed E-state index contributed by atoms with van der Waals surface area (Å²) in [6.07, 6.45) is 0.258. The van der Waals surface area contributed by atoms with E-state index in [2.05, 4.69) is 0 Å². The fraction of sp³-hybridized carbons (Fsp3) is 0.333. The predicted molar refractivity (Wildman–Crippen MR) is 97.9 cm³/mol. The molecule has 0 radical (unpaired) electrons. The van der Waals surface area contributed by atoms with Crippen molar-refractivity contribution in [3.8, 4) is 5.75 Å². The number of benzene rings is 2. The molecule has 0 aliphatic carbocycles. The minimum absolute atomic E-state index is 0.0747. The summed E-state index contributed by atoms with van der Waals surface area (Å²) >= 11 is 0. The van der Waals surface area contributed by atoms with Crippen molar-refractivity contribution in [3.05, 3.63) is 66.0 Å². The topological polar surface area (TPSA) is 55.8 Å². The number of hydrogen-bond acceptors (Lipinski definition) is 4. The minimum atomic E-state index is -0.424. The number of piperidine rings is 1. The van der Waals surface area contributed by atoms with Crippen molar-refractivity contribution in [1.82, 2.24) is 4.90 Å². The van der Waals surface area contributed by atoms with Gasteiger partial charge in [-0.3, -0.25) is 4.79 Å². The lowest BCUT2D eigenvalue weighted by Crippen LogP contribution is -2.45. The number of esters is 1. The zero-order valence-electron chi connectivity index (χ0n) is 15.1. The van der Waals surface area contributed by atoms with E-state index in [9.17, 15) is 14.0 Å². The molecule has 0 N–H and O–H groups in total. The van der Waals surface area contributed by atoms with E-state index in [0.717, 1.165) is 5.56 Å². The zero-order valence-corrected chi connectivity index (χ0v) is 15.1. The normalized spacial score (nSPS) is 19.4. The van der Waals surface area contributed by atoms with Crippen LogP contribution in [0.15, 0.2) is 54.6 Å². The Morgan fingerprint density at radius 3 is 2.48 bits per heavy atom. The first kappa shape index (κ1) is 18.9. The van der Waals surface area contributed by atoms with E-state index in [4.69, 9.17) is 9.47 Å². The second-order valence-electron chi connectivity index (χ2n) is 6.64. The van der Waals surface area contributed by atoms with E-state index in [-0.39, 0.29) is 30.2 Å². The van der Waals surface area contributed by atoms with E-state index in [1.54, 1.807) is 41.3 Å². The lowest BCUT2D eigenvalue weighted by molar-refractivity contribution is -0.143. The van der Waals surface area contributed by atoms with Gasteiger partial charge in [-0.15, -0.1) is 0 Å². The molecule has 1 aliphatic heterocycles. The van der Waals surface area contributed by atoms with Crippen molar-refractivity contribution in [2.75, 3.05) is 19.7 Å². The van der Waals surface area contributed by atoms with Gasteiger partial charge < -0.3 is 14.4 Å². The van der Waals surface area contributed by atoms with Gasteiger partial charge in [0.05, 0.1) is 6.61 Å². The molecule has 3 rings (SSSR count). The number of rotatable bonds is 4. The Kier molecular flexibility index (Phi) is 6.06. The number of carbonyl (C=O) groups excluding carboxylic acids is 2. The van der Waals surface area contributed by atoms with Crippen LogP contribution in [0.1, 0.15) is 24.8 Å². The molecule has 1 aliphatic rings. The molecule has 0 spiro atoms. The summed E-state index contributed by atoms with van der Waals surface area (Å²) in [6, 6.07) is 15.2. The van der Waals surface area contributed by atoms with E-state index >= 15 is 0 Å². The average Bonchev–Trinajstić information content (AvgIpc) is 2.67. The van der Waals surface area contributed by atoms with Crippen molar-refractivity contribution in [2.24, 2.45) is 5.92 Å². The van der Waals surface area contributed by atoms with Crippen LogP contribution in [0.4, 0.5) is 9.18 Å². The van der Waals surface area contributed by atoms with E-state index < -0.39 is 6.09 Å². The highest BCUT2D eigenvalue weighted by molar-refractivity contribution is 5.71. The SMILES string of the molecule is CC(=O)OC[C@H]1CN(C(=O)Oc2ccccc2)CC[C@@H]1c1ccc(F)cc1. The van der Waals surface area contributed by atoms with Crippen molar-refractivity contribution in [3.63, 3.8) is 0 Å². The predicted octanol–water partition coefficient (Wildman–Crippen LogP) is 3.99. The highest BCUT2D eigenvalue weighted by Crippen LogP contribution is 2.34. The summed E-state index contributed by atoms with van der Waals surface area (Å²) in [6.45, 7) is 2.48. The molecule has 27 heavy (non-hydrogen) atoms. The molecular weight excluding hydrogens is 349 g/mol. The third kappa shape index (κ3) is 5.06. The van der Waals surface area contributed by atoms with Crippen LogP contribution < -0.4 is 4.74 Å². The maximum atomic E-state index is 13.2. The number of nitrogens with zero attached hydrogens (tertiary/aromatic N) is 1. The molecule has 1 saturated heterocycles. The molecule has 1 amide bonds. The summed E-state index contributed by atoms with van der Waals surface area (Å²) in [7, 11) is 0. The second kappa shape index (κ2) is 8.66. The van der Waals surface area contributed by atoms with Gasteiger partial charge in [0.1, 0.15) is 11.6 Å². The van der Waals surface area contributed by atoms with E-state index in [0.29, 0.717) is 25.3 Å². The molecule has 2 aromatic carbocycles. The first-order valence-electron chi connectivity index (χ1n) is 8.93. The van der Waals surface area contributed by atoms with Gasteiger partial charge in [-0.1, -0.05) is 30.3 Å². The largest absolute Gasteiger partial charge is 0.465 e. The Morgan fingerprint density at radius 1 is 1.11 bits per heavy atom. The molecule has 0 aromatic heterocycles. The maximum Gasteiger partial charge on any atom is 0.415 e. The number of ether oxygens (including phenoxy) is 2. The average molecular weight is 371 g/mol. The molecule has 5 nitrogen and oxygen atoms in total. The first-order chi connectivity index (χ1) is 13.0. The molecule has 142 valence electrons. The Balaban J connectivity index is 1.71. The smallest absolute Gasteiger partial charge is 0.415 e. The van der Waals surface area contributed by atoms with Gasteiger partial charge in [-0.2, -0.15) is 0 Å². The summed E-state index contributed by atoms with van der Waals surface area (Å²) < 4.78 is 23.9. The van der Waals surface area contributed by atoms with Gasteiger partial charge in [-0.05, 0) is 42.2 Å². The lowest BCUT2D eigenvalue weighted by atomic mass is 9.81. The van der Waals surface area contributed by atoms with Gasteiger partial charge in [0, 0.05) is 25.9 Å². The van der Waals surface area contributed by atoms with Gasteiger partial charge in [0.2, 0.25) is 0 Å². The van der Waals surface area contributed by atoms with Gasteiger partial charge >= 0.3 is 12.1 Å². The van der Waals surface area contributed by atoms with Gasteiger partial charge in [0.15, 0.2) is 0 Å². The number of halogens is 1. The summed E-state index contributed by atoms with van der Waals surface area (Å²) in [5, 5.41) is 0. The number of amides is 1. The molecule has 1 heterocycles. The van der Waals surface area contributed by atoms with Crippen molar-refractivity contribution in [2.45, 2.75) is 19.3 Å². The summed E-state index contributed by atoms with van der Waals surface area (Å²) in [5.74, 6) is -0.183. The van der Waals surface area contributed by atoms with Crippen LogP contribution in [0.25, 0.3) is 0 Å². The highest BCUT2D eigenvalue weighted by Gasteiger charge is 2.34. The van der Waals surface area contributed by atoms with Crippen LogP contribution >= 0.6 is 0 Å². The molecule has 0 unspecified atom stereocenters. The Hall–Kier alpha value is -2.89. The highest BCUT2D eigenvalue weighted by atomic mass is 19.1. The molecule has 2 atom stereocenters. The Labute approximate surface area is 157 Å².